The van der Waals surface area contributed by atoms with Crippen LogP contribution in [0.25, 0.3) is 10.9 Å². The van der Waals surface area contributed by atoms with Crippen LogP contribution in [0.2, 0.25) is 0 Å². The molecule has 1 aliphatic rings. The maximum absolute atomic E-state index is 9.49. The summed E-state index contributed by atoms with van der Waals surface area (Å²) in [6.07, 6.45) is 3.93. The standard InChI is InChI=1S/C21H21N5/c1-25(20-8-4-5-11-23-20)17-9-12-26(13-10-17)21-14-16(15-22)18-6-2-3-7-19(18)24-21/h2-8,11,14,17H,9-10,12-13H2,1H3. The number of hydrogen-bond acceptors (Lipinski definition) is 5. The first-order valence-electron chi connectivity index (χ1n) is 8.95. The van der Waals surface area contributed by atoms with Gasteiger partial charge in [-0.15, -0.1) is 0 Å². The van der Waals surface area contributed by atoms with Crippen molar-refractivity contribution in [3.05, 3.63) is 60.3 Å². The number of aromatic nitrogens is 2. The lowest BCUT2D eigenvalue weighted by Gasteiger charge is -2.37. The second kappa shape index (κ2) is 7.01. The average molecular weight is 343 g/mol. The third kappa shape index (κ3) is 3.06. The lowest BCUT2D eigenvalue weighted by Crippen LogP contribution is -2.44. The Labute approximate surface area is 153 Å². The molecule has 0 atom stereocenters. The van der Waals surface area contributed by atoms with Gasteiger partial charge in [-0.3, -0.25) is 0 Å². The predicted octanol–water partition coefficient (Wildman–Crippen LogP) is 3.61. The Morgan fingerprint density at radius 3 is 2.62 bits per heavy atom. The van der Waals surface area contributed by atoms with Crippen molar-refractivity contribution in [1.29, 1.82) is 5.26 Å². The van der Waals surface area contributed by atoms with E-state index < -0.39 is 0 Å². The molecule has 3 aromatic rings. The molecular formula is C21H21N5. The molecular weight excluding hydrogens is 322 g/mol. The molecule has 1 aromatic carbocycles. The second-order valence-electron chi connectivity index (χ2n) is 6.67. The van der Waals surface area contributed by atoms with Gasteiger partial charge in [-0.05, 0) is 37.1 Å². The summed E-state index contributed by atoms with van der Waals surface area (Å²) in [7, 11) is 2.12. The van der Waals surface area contributed by atoms with Crippen molar-refractivity contribution < 1.29 is 0 Å². The van der Waals surface area contributed by atoms with Crippen LogP contribution in [0.3, 0.4) is 0 Å². The van der Waals surface area contributed by atoms with Gasteiger partial charge in [0.1, 0.15) is 11.6 Å². The summed E-state index contributed by atoms with van der Waals surface area (Å²) < 4.78 is 0. The SMILES string of the molecule is CN(c1ccccn1)C1CCN(c2cc(C#N)c3ccccc3n2)CC1. The molecule has 1 fully saturated rings. The van der Waals surface area contributed by atoms with Crippen LogP contribution in [-0.2, 0) is 0 Å². The first-order chi connectivity index (χ1) is 12.8. The highest BCUT2D eigenvalue weighted by Gasteiger charge is 2.24. The first kappa shape index (κ1) is 16.3. The van der Waals surface area contributed by atoms with E-state index in [1.165, 1.54) is 0 Å². The summed E-state index contributed by atoms with van der Waals surface area (Å²) in [5, 5.41) is 10.4. The Kier molecular flexibility index (Phi) is 4.40. The van der Waals surface area contributed by atoms with E-state index in [0.29, 0.717) is 11.6 Å². The summed E-state index contributed by atoms with van der Waals surface area (Å²) in [6.45, 7) is 1.86. The molecule has 5 nitrogen and oxygen atoms in total. The van der Waals surface area contributed by atoms with Crippen molar-refractivity contribution in [2.45, 2.75) is 18.9 Å². The van der Waals surface area contributed by atoms with Gasteiger partial charge < -0.3 is 9.80 Å². The number of benzene rings is 1. The highest BCUT2D eigenvalue weighted by Crippen LogP contribution is 2.26. The van der Waals surface area contributed by atoms with Gasteiger partial charge in [0, 0.05) is 37.8 Å². The second-order valence-corrected chi connectivity index (χ2v) is 6.67. The van der Waals surface area contributed by atoms with E-state index in [1.54, 1.807) is 0 Å². The fraction of sp³-hybridized carbons (Fsp3) is 0.286. The van der Waals surface area contributed by atoms with E-state index in [-0.39, 0.29) is 0 Å². The van der Waals surface area contributed by atoms with E-state index >= 15 is 0 Å². The van der Waals surface area contributed by atoms with Crippen molar-refractivity contribution in [2.24, 2.45) is 0 Å². The molecule has 130 valence electrons. The molecule has 1 saturated heterocycles. The van der Waals surface area contributed by atoms with Gasteiger partial charge in [0.05, 0.1) is 17.1 Å². The molecule has 4 rings (SSSR count). The lowest BCUT2D eigenvalue weighted by atomic mass is 10.0. The highest BCUT2D eigenvalue weighted by molar-refractivity contribution is 5.86. The lowest BCUT2D eigenvalue weighted by molar-refractivity contribution is 0.478. The molecule has 0 saturated carbocycles. The minimum Gasteiger partial charge on any atom is -0.357 e. The number of anilines is 2. The van der Waals surface area contributed by atoms with Crippen LogP contribution in [0.4, 0.5) is 11.6 Å². The van der Waals surface area contributed by atoms with E-state index in [2.05, 4.69) is 34.0 Å². The van der Waals surface area contributed by atoms with E-state index in [0.717, 1.165) is 48.5 Å². The Bertz CT molecular complexity index is 940. The number of pyridine rings is 2. The monoisotopic (exact) mass is 343 g/mol. The largest absolute Gasteiger partial charge is 0.357 e. The number of nitrogens with zero attached hydrogens (tertiary/aromatic N) is 5. The zero-order valence-electron chi connectivity index (χ0n) is 14.8. The Balaban J connectivity index is 1.52. The van der Waals surface area contributed by atoms with E-state index in [9.17, 15) is 5.26 Å². The van der Waals surface area contributed by atoms with Gasteiger partial charge in [-0.2, -0.15) is 5.26 Å². The summed E-state index contributed by atoms with van der Waals surface area (Å²) in [5.74, 6) is 1.92. The van der Waals surface area contributed by atoms with Crippen molar-refractivity contribution >= 4 is 22.5 Å². The van der Waals surface area contributed by atoms with Crippen LogP contribution in [0.15, 0.2) is 54.7 Å². The smallest absolute Gasteiger partial charge is 0.130 e. The minimum atomic E-state index is 0.469. The molecule has 0 N–H and O–H groups in total. The molecule has 3 heterocycles. The number of nitriles is 1. The van der Waals surface area contributed by atoms with Crippen LogP contribution in [0, 0.1) is 11.3 Å². The van der Waals surface area contributed by atoms with Gasteiger partial charge in [0.2, 0.25) is 0 Å². The molecule has 0 radical (unpaired) electrons. The quantitative estimate of drug-likeness (QED) is 0.727. The van der Waals surface area contributed by atoms with Crippen LogP contribution < -0.4 is 9.80 Å². The minimum absolute atomic E-state index is 0.469. The van der Waals surface area contributed by atoms with Crippen LogP contribution in [0.1, 0.15) is 18.4 Å². The predicted molar refractivity (Wildman–Crippen MR) is 104 cm³/mol. The molecule has 5 heteroatoms. The topological polar surface area (TPSA) is 56.1 Å². The molecule has 0 aliphatic carbocycles. The summed E-state index contributed by atoms with van der Waals surface area (Å²) >= 11 is 0. The van der Waals surface area contributed by atoms with Gasteiger partial charge >= 0.3 is 0 Å². The number of rotatable bonds is 3. The molecule has 2 aromatic heterocycles. The van der Waals surface area contributed by atoms with Gasteiger partial charge in [-0.25, -0.2) is 9.97 Å². The summed E-state index contributed by atoms with van der Waals surface area (Å²) in [4.78, 5) is 13.8. The first-order valence-corrected chi connectivity index (χ1v) is 8.95. The Morgan fingerprint density at radius 2 is 1.88 bits per heavy atom. The van der Waals surface area contributed by atoms with Crippen LogP contribution >= 0.6 is 0 Å². The molecule has 1 aliphatic heterocycles. The molecule has 0 spiro atoms. The van der Waals surface area contributed by atoms with Crippen molar-refractivity contribution in [3.63, 3.8) is 0 Å². The van der Waals surface area contributed by atoms with Gasteiger partial charge in [-0.1, -0.05) is 24.3 Å². The zero-order valence-corrected chi connectivity index (χ0v) is 14.8. The number of fused-ring (bicyclic) bond motifs is 1. The zero-order chi connectivity index (χ0) is 17.9. The highest BCUT2D eigenvalue weighted by atomic mass is 15.2. The van der Waals surface area contributed by atoms with Crippen molar-refractivity contribution in [2.75, 3.05) is 29.9 Å². The maximum Gasteiger partial charge on any atom is 0.130 e. The molecule has 26 heavy (non-hydrogen) atoms. The maximum atomic E-state index is 9.49. The van der Waals surface area contributed by atoms with Crippen LogP contribution in [0.5, 0.6) is 0 Å². The normalized spacial score (nSPS) is 15.0. The fourth-order valence-corrected chi connectivity index (χ4v) is 3.65. The molecule has 0 bridgehead atoms. The van der Waals surface area contributed by atoms with E-state index in [4.69, 9.17) is 4.98 Å². The Hall–Kier alpha value is -3.13. The molecule has 0 amide bonds. The van der Waals surface area contributed by atoms with Crippen molar-refractivity contribution in [3.8, 4) is 6.07 Å². The molecule has 0 unspecified atom stereocenters. The third-order valence-corrected chi connectivity index (χ3v) is 5.17. The van der Waals surface area contributed by atoms with Gasteiger partial charge in [0.15, 0.2) is 0 Å². The number of hydrogen-bond donors (Lipinski definition) is 0. The van der Waals surface area contributed by atoms with E-state index in [1.807, 2.05) is 48.7 Å². The average Bonchev–Trinajstić information content (AvgIpc) is 2.73. The van der Waals surface area contributed by atoms with Crippen LogP contribution in [-0.4, -0.2) is 36.1 Å². The number of piperidine rings is 1. The summed E-state index contributed by atoms with van der Waals surface area (Å²) in [6, 6.07) is 18.6. The summed E-state index contributed by atoms with van der Waals surface area (Å²) in [5.41, 5.74) is 1.58. The third-order valence-electron chi connectivity index (χ3n) is 5.17. The fourth-order valence-electron chi connectivity index (χ4n) is 3.65. The number of para-hydroxylation sites is 1. The van der Waals surface area contributed by atoms with Crippen molar-refractivity contribution in [1.82, 2.24) is 9.97 Å². The van der Waals surface area contributed by atoms with Gasteiger partial charge in [0.25, 0.3) is 0 Å². The Morgan fingerprint density at radius 1 is 1.12 bits per heavy atom.